The molecule has 102 valence electrons. The van der Waals surface area contributed by atoms with Gasteiger partial charge >= 0.3 is 0 Å². The maximum absolute atomic E-state index is 12.4. The zero-order chi connectivity index (χ0) is 13.3. The monoisotopic (exact) mass is 293 g/mol. The SMILES string of the molecule is CC1CN(S(=O)(=O)c2cn(C)cn2)CC(CCl)O1. The summed E-state index contributed by atoms with van der Waals surface area (Å²) in [5.74, 6) is 0.276. The molecule has 0 saturated carbocycles. The summed E-state index contributed by atoms with van der Waals surface area (Å²) in [6, 6.07) is 0. The van der Waals surface area contributed by atoms with Crippen molar-refractivity contribution in [2.24, 2.45) is 7.05 Å². The van der Waals surface area contributed by atoms with Crippen molar-refractivity contribution in [3.8, 4) is 0 Å². The van der Waals surface area contributed by atoms with E-state index in [9.17, 15) is 8.42 Å². The molecule has 2 heterocycles. The second-order valence-electron chi connectivity index (χ2n) is 4.42. The number of hydrogen-bond donors (Lipinski definition) is 0. The smallest absolute Gasteiger partial charge is 0.262 e. The van der Waals surface area contributed by atoms with E-state index in [-0.39, 0.29) is 29.7 Å². The van der Waals surface area contributed by atoms with Gasteiger partial charge in [0.15, 0.2) is 5.03 Å². The highest BCUT2D eigenvalue weighted by atomic mass is 35.5. The van der Waals surface area contributed by atoms with Gasteiger partial charge in [-0.15, -0.1) is 11.6 Å². The summed E-state index contributed by atoms with van der Waals surface area (Å²) in [4.78, 5) is 3.90. The highest BCUT2D eigenvalue weighted by Gasteiger charge is 2.34. The Labute approximate surface area is 112 Å². The molecular formula is C10H16ClN3O3S. The number of aromatic nitrogens is 2. The normalized spacial score (nSPS) is 26.4. The van der Waals surface area contributed by atoms with Crippen LogP contribution in [-0.4, -0.2) is 53.5 Å². The van der Waals surface area contributed by atoms with Crippen molar-refractivity contribution in [2.75, 3.05) is 19.0 Å². The summed E-state index contributed by atoms with van der Waals surface area (Å²) in [5.41, 5.74) is 0. The quantitative estimate of drug-likeness (QED) is 0.759. The van der Waals surface area contributed by atoms with Gasteiger partial charge in [-0.05, 0) is 6.92 Å². The van der Waals surface area contributed by atoms with Crippen LogP contribution in [0.1, 0.15) is 6.92 Å². The van der Waals surface area contributed by atoms with Crippen LogP contribution >= 0.6 is 11.6 Å². The fraction of sp³-hybridized carbons (Fsp3) is 0.700. The molecule has 1 fully saturated rings. The molecule has 2 rings (SSSR count). The molecule has 0 aliphatic carbocycles. The largest absolute Gasteiger partial charge is 0.371 e. The number of aryl methyl sites for hydroxylation is 1. The number of morpholine rings is 1. The maximum Gasteiger partial charge on any atom is 0.262 e. The molecule has 1 aromatic rings. The Morgan fingerprint density at radius 1 is 1.56 bits per heavy atom. The van der Waals surface area contributed by atoms with Gasteiger partial charge in [0.25, 0.3) is 10.0 Å². The van der Waals surface area contributed by atoms with Crippen molar-refractivity contribution in [3.05, 3.63) is 12.5 Å². The number of imidazole rings is 1. The first-order valence-corrected chi connectivity index (χ1v) is 7.60. The van der Waals surface area contributed by atoms with E-state index in [4.69, 9.17) is 16.3 Å². The Kier molecular flexibility index (Phi) is 3.96. The van der Waals surface area contributed by atoms with Crippen LogP contribution in [0.25, 0.3) is 0 Å². The maximum atomic E-state index is 12.4. The first kappa shape index (κ1) is 13.8. The number of halogens is 1. The van der Waals surface area contributed by atoms with Crippen molar-refractivity contribution in [2.45, 2.75) is 24.2 Å². The summed E-state index contributed by atoms with van der Waals surface area (Å²) < 4.78 is 33.2. The molecule has 1 aliphatic rings. The van der Waals surface area contributed by atoms with Gasteiger partial charge < -0.3 is 9.30 Å². The fourth-order valence-corrected chi connectivity index (χ4v) is 3.62. The lowest BCUT2D eigenvalue weighted by Gasteiger charge is -2.34. The predicted octanol–water partition coefficient (Wildman–Crippen LogP) is 0.437. The van der Waals surface area contributed by atoms with Gasteiger partial charge in [0.1, 0.15) is 0 Å². The van der Waals surface area contributed by atoms with Crippen molar-refractivity contribution in [1.82, 2.24) is 13.9 Å². The molecule has 0 aromatic carbocycles. The van der Waals surface area contributed by atoms with Crippen LogP contribution in [0.2, 0.25) is 0 Å². The topological polar surface area (TPSA) is 64.4 Å². The van der Waals surface area contributed by atoms with Crippen LogP contribution in [0.15, 0.2) is 17.6 Å². The first-order chi connectivity index (χ1) is 8.43. The highest BCUT2D eigenvalue weighted by molar-refractivity contribution is 7.89. The van der Waals surface area contributed by atoms with Crippen LogP contribution in [0.3, 0.4) is 0 Å². The summed E-state index contributed by atoms with van der Waals surface area (Å²) in [5, 5.41) is 0.0624. The van der Waals surface area contributed by atoms with Crippen LogP contribution < -0.4 is 0 Å². The highest BCUT2D eigenvalue weighted by Crippen LogP contribution is 2.20. The van der Waals surface area contributed by atoms with E-state index in [1.807, 2.05) is 6.92 Å². The number of nitrogens with zero attached hydrogens (tertiary/aromatic N) is 3. The van der Waals surface area contributed by atoms with E-state index >= 15 is 0 Å². The number of sulfonamides is 1. The molecule has 0 bridgehead atoms. The number of rotatable bonds is 3. The standard InChI is InChI=1S/C10H16ClN3O3S/c1-8-4-14(5-9(3-11)17-8)18(15,16)10-6-13(2)7-12-10/h6-9H,3-5H2,1-2H3. The summed E-state index contributed by atoms with van der Waals surface area (Å²) in [7, 11) is -1.82. The summed E-state index contributed by atoms with van der Waals surface area (Å²) in [6.07, 6.45) is 2.52. The van der Waals surface area contributed by atoms with Crippen molar-refractivity contribution in [1.29, 1.82) is 0 Å². The molecule has 1 aliphatic heterocycles. The Morgan fingerprint density at radius 3 is 2.83 bits per heavy atom. The molecule has 1 saturated heterocycles. The molecule has 0 radical (unpaired) electrons. The Balaban J connectivity index is 2.24. The molecule has 1 aromatic heterocycles. The Hall–Kier alpha value is -0.630. The average Bonchev–Trinajstić information content (AvgIpc) is 2.75. The number of alkyl halides is 1. The minimum absolute atomic E-state index is 0.0624. The fourth-order valence-electron chi connectivity index (χ4n) is 1.94. The van der Waals surface area contributed by atoms with Crippen LogP contribution in [-0.2, 0) is 21.8 Å². The van der Waals surface area contributed by atoms with Gasteiger partial charge in [-0.1, -0.05) is 0 Å². The Morgan fingerprint density at radius 2 is 2.28 bits per heavy atom. The van der Waals surface area contributed by atoms with E-state index in [2.05, 4.69) is 4.98 Å². The lowest BCUT2D eigenvalue weighted by molar-refractivity contribution is -0.0423. The summed E-state index contributed by atoms with van der Waals surface area (Å²) >= 11 is 5.74. The molecule has 0 amide bonds. The number of hydrogen-bond acceptors (Lipinski definition) is 4. The van der Waals surface area contributed by atoms with E-state index in [0.29, 0.717) is 6.54 Å². The van der Waals surface area contributed by atoms with Gasteiger partial charge in [-0.3, -0.25) is 0 Å². The van der Waals surface area contributed by atoms with Crippen LogP contribution in [0, 0.1) is 0 Å². The molecule has 2 unspecified atom stereocenters. The molecule has 8 heteroatoms. The van der Waals surface area contributed by atoms with E-state index in [1.165, 1.54) is 16.8 Å². The lowest BCUT2D eigenvalue weighted by atomic mass is 10.3. The Bertz CT molecular complexity index is 516. The van der Waals surface area contributed by atoms with E-state index < -0.39 is 10.0 Å². The molecule has 18 heavy (non-hydrogen) atoms. The van der Waals surface area contributed by atoms with Crippen molar-refractivity contribution >= 4 is 21.6 Å². The first-order valence-electron chi connectivity index (χ1n) is 5.63. The van der Waals surface area contributed by atoms with Gasteiger partial charge in [-0.25, -0.2) is 13.4 Å². The average molecular weight is 294 g/mol. The van der Waals surface area contributed by atoms with E-state index in [0.717, 1.165) is 0 Å². The predicted molar refractivity (Wildman–Crippen MR) is 67.0 cm³/mol. The molecule has 0 N–H and O–H groups in total. The molecule has 2 atom stereocenters. The van der Waals surface area contributed by atoms with Gasteiger partial charge in [0, 0.05) is 32.2 Å². The second kappa shape index (κ2) is 5.16. The minimum atomic E-state index is -3.55. The van der Waals surface area contributed by atoms with Crippen LogP contribution in [0.5, 0.6) is 0 Å². The third-order valence-corrected chi connectivity index (χ3v) is 4.81. The van der Waals surface area contributed by atoms with Gasteiger partial charge in [0.05, 0.1) is 18.5 Å². The zero-order valence-electron chi connectivity index (χ0n) is 10.3. The van der Waals surface area contributed by atoms with Crippen LogP contribution in [0.4, 0.5) is 0 Å². The minimum Gasteiger partial charge on any atom is -0.371 e. The zero-order valence-corrected chi connectivity index (χ0v) is 11.9. The summed E-state index contributed by atoms with van der Waals surface area (Å²) in [6.45, 7) is 2.43. The third kappa shape index (κ3) is 2.69. The molecular weight excluding hydrogens is 278 g/mol. The van der Waals surface area contributed by atoms with Gasteiger partial charge in [-0.2, -0.15) is 4.31 Å². The van der Waals surface area contributed by atoms with Crippen molar-refractivity contribution < 1.29 is 13.2 Å². The molecule has 0 spiro atoms. The number of ether oxygens (including phenoxy) is 1. The van der Waals surface area contributed by atoms with Crippen molar-refractivity contribution in [3.63, 3.8) is 0 Å². The molecule has 6 nitrogen and oxygen atoms in total. The lowest BCUT2D eigenvalue weighted by Crippen LogP contribution is -2.49. The van der Waals surface area contributed by atoms with E-state index in [1.54, 1.807) is 11.6 Å². The second-order valence-corrected chi connectivity index (χ2v) is 6.62. The third-order valence-electron chi connectivity index (χ3n) is 2.75. The van der Waals surface area contributed by atoms with Gasteiger partial charge in [0.2, 0.25) is 0 Å².